The minimum absolute atomic E-state index is 0.284. The van der Waals surface area contributed by atoms with Crippen molar-refractivity contribution < 1.29 is 0 Å². The van der Waals surface area contributed by atoms with Crippen molar-refractivity contribution in [2.24, 2.45) is 0 Å². The van der Waals surface area contributed by atoms with Crippen LogP contribution in [0.1, 0.15) is 0 Å². The van der Waals surface area contributed by atoms with E-state index in [0.29, 0.717) is 0 Å². The van der Waals surface area contributed by atoms with E-state index in [2.05, 4.69) is 132 Å². The Morgan fingerprint density at radius 1 is 0.487 bits per heavy atom. The molecule has 3 heterocycles. The van der Waals surface area contributed by atoms with Gasteiger partial charge in [-0.05, 0) is 0 Å². The molecule has 0 saturated heterocycles. The van der Waals surface area contributed by atoms with Gasteiger partial charge in [0.05, 0.1) is 0 Å². The first kappa shape index (κ1) is 21.8. The van der Waals surface area contributed by atoms with Gasteiger partial charge in [0.25, 0.3) is 0 Å². The van der Waals surface area contributed by atoms with Crippen LogP contribution in [0, 0.1) is 0 Å². The predicted molar refractivity (Wildman–Crippen MR) is 171 cm³/mol. The van der Waals surface area contributed by atoms with Crippen LogP contribution in [0.5, 0.6) is 0 Å². The molecule has 0 fully saturated rings. The summed E-state index contributed by atoms with van der Waals surface area (Å²) < 4.78 is 8.50. The fourth-order valence-electron chi connectivity index (χ4n) is 6.30. The average Bonchev–Trinajstić information content (AvgIpc) is 3.64. The van der Waals surface area contributed by atoms with Gasteiger partial charge in [-0.1, -0.05) is 0 Å². The van der Waals surface area contributed by atoms with Crippen LogP contribution >= 0.6 is 11.3 Å². The molecule has 182 valence electrons. The third-order valence-electron chi connectivity index (χ3n) is 8.00. The van der Waals surface area contributed by atoms with Crippen LogP contribution in [0.2, 0.25) is 0 Å². The number of benzene rings is 6. The van der Waals surface area contributed by atoms with Crippen LogP contribution in [0.25, 0.3) is 78.1 Å². The number of nitrogens with zero attached hydrogens (tertiary/aromatic N) is 1. The first-order chi connectivity index (χ1) is 19.4. The Morgan fingerprint density at radius 2 is 1.21 bits per heavy atom. The predicted octanol–water partition coefficient (Wildman–Crippen LogP) is 10.2. The zero-order valence-corrected chi connectivity index (χ0v) is 23.4. The topological polar surface area (TPSA) is 4.93 Å². The molecule has 39 heavy (non-hydrogen) atoms. The summed E-state index contributed by atoms with van der Waals surface area (Å²) in [4.78, 5) is 0. The van der Waals surface area contributed by atoms with Gasteiger partial charge in [-0.2, -0.15) is 0 Å². The molecule has 0 bridgehead atoms. The molecule has 0 unspecified atom stereocenters. The number of thiophene rings is 1. The summed E-state index contributed by atoms with van der Waals surface area (Å²) in [5.41, 5.74) is 6.51. The number of hydrogen-bond donors (Lipinski definition) is 0. The first-order valence-electron chi connectivity index (χ1n) is 13.2. The van der Waals surface area contributed by atoms with E-state index < -0.39 is 0 Å². The minimum atomic E-state index is 0.284. The molecule has 0 aliphatic rings. The van der Waals surface area contributed by atoms with Crippen molar-refractivity contribution in [2.45, 2.75) is 0 Å². The molecule has 1 nitrogen and oxygen atoms in total. The zero-order chi connectivity index (χ0) is 25.5. The molecule has 9 aromatic rings. The summed E-state index contributed by atoms with van der Waals surface area (Å²) in [5, 5.41) is 7.95. The fourth-order valence-corrected chi connectivity index (χ4v) is 10.7. The van der Waals surface area contributed by atoms with Gasteiger partial charge < -0.3 is 0 Å². The first-order valence-corrected chi connectivity index (χ1v) is 15.7. The molecule has 0 radical (unpaired) electrons. The molecule has 0 aliphatic carbocycles. The normalized spacial score (nSPS) is 12.1. The van der Waals surface area contributed by atoms with Crippen molar-refractivity contribution in [2.75, 3.05) is 0 Å². The molecule has 0 saturated carbocycles. The Balaban J connectivity index is 1.50. The third kappa shape index (κ3) is 3.01. The SMILES string of the molecule is c1ccc(-c2ccc(-n3c4c5ccccc5ccc4c4sc5c6ccccc6[se]c5c43)c3ccccc23)cc1. The Hall–Kier alpha value is -4.14. The van der Waals surface area contributed by atoms with Gasteiger partial charge in [0, 0.05) is 0 Å². The molecule has 0 amide bonds. The maximum atomic E-state index is 2.60. The molecule has 0 atom stereocenters. The summed E-state index contributed by atoms with van der Waals surface area (Å²) in [6.07, 6.45) is 0. The van der Waals surface area contributed by atoms with E-state index in [1.807, 2.05) is 11.3 Å². The second kappa shape index (κ2) is 8.18. The molecular weight excluding hydrogens is 557 g/mol. The fraction of sp³-hybridized carbons (Fsp3) is 0. The van der Waals surface area contributed by atoms with Crippen molar-refractivity contribution in [1.29, 1.82) is 0 Å². The van der Waals surface area contributed by atoms with Gasteiger partial charge in [0.1, 0.15) is 0 Å². The van der Waals surface area contributed by atoms with E-state index in [4.69, 9.17) is 0 Å². The molecule has 9 rings (SSSR count). The van der Waals surface area contributed by atoms with Crippen molar-refractivity contribution in [1.82, 2.24) is 4.57 Å². The van der Waals surface area contributed by atoms with Gasteiger partial charge >= 0.3 is 236 Å². The van der Waals surface area contributed by atoms with Gasteiger partial charge in [-0.3, -0.25) is 0 Å². The molecule has 0 N–H and O–H groups in total. The van der Waals surface area contributed by atoms with Crippen molar-refractivity contribution in [3.05, 3.63) is 127 Å². The van der Waals surface area contributed by atoms with Gasteiger partial charge in [-0.15, -0.1) is 0 Å². The van der Waals surface area contributed by atoms with Crippen LogP contribution in [-0.4, -0.2) is 19.1 Å². The second-order valence-corrected chi connectivity index (χ2v) is 13.3. The van der Waals surface area contributed by atoms with Crippen molar-refractivity contribution in [3.63, 3.8) is 0 Å². The van der Waals surface area contributed by atoms with E-state index in [0.717, 1.165) is 0 Å². The van der Waals surface area contributed by atoms with E-state index in [9.17, 15) is 0 Å². The summed E-state index contributed by atoms with van der Waals surface area (Å²) in [6.45, 7) is 0. The summed E-state index contributed by atoms with van der Waals surface area (Å²) in [7, 11) is 0. The van der Waals surface area contributed by atoms with E-state index in [1.54, 1.807) is 0 Å². The van der Waals surface area contributed by atoms with Crippen LogP contribution in [-0.2, 0) is 0 Å². The number of rotatable bonds is 2. The maximum absolute atomic E-state index is 2.60. The molecule has 0 aliphatic heterocycles. The quantitative estimate of drug-likeness (QED) is 0.180. The summed E-state index contributed by atoms with van der Waals surface area (Å²) >= 11 is 2.27. The zero-order valence-electron chi connectivity index (χ0n) is 20.9. The Bertz CT molecular complexity index is 2390. The van der Waals surface area contributed by atoms with Gasteiger partial charge in [0.15, 0.2) is 0 Å². The van der Waals surface area contributed by atoms with Crippen molar-refractivity contribution in [3.8, 4) is 16.8 Å². The second-order valence-electron chi connectivity index (χ2n) is 10.1. The van der Waals surface area contributed by atoms with Crippen LogP contribution in [0.4, 0.5) is 0 Å². The summed E-state index contributed by atoms with van der Waals surface area (Å²) in [5.74, 6) is 0. The Kier molecular flexibility index (Phi) is 4.56. The van der Waals surface area contributed by atoms with Gasteiger partial charge in [0.2, 0.25) is 0 Å². The molecular formula is C36H21NSSe. The van der Waals surface area contributed by atoms with Crippen LogP contribution in [0.15, 0.2) is 127 Å². The molecule has 3 aromatic heterocycles. The van der Waals surface area contributed by atoms with Crippen molar-refractivity contribution >= 4 is 87.1 Å². The Labute approximate surface area is 234 Å². The van der Waals surface area contributed by atoms with Gasteiger partial charge in [-0.25, -0.2) is 0 Å². The van der Waals surface area contributed by atoms with Crippen LogP contribution in [0.3, 0.4) is 0 Å². The number of fused-ring (bicyclic) bond motifs is 10. The molecule has 3 heteroatoms. The average molecular weight is 579 g/mol. The summed E-state index contributed by atoms with van der Waals surface area (Å²) in [6, 6.07) is 46.9. The monoisotopic (exact) mass is 579 g/mol. The third-order valence-corrected chi connectivity index (χ3v) is 12.0. The van der Waals surface area contributed by atoms with E-state index in [-0.39, 0.29) is 14.5 Å². The Morgan fingerprint density at radius 3 is 2.08 bits per heavy atom. The molecule has 0 spiro atoms. The van der Waals surface area contributed by atoms with E-state index in [1.165, 1.54) is 78.1 Å². The van der Waals surface area contributed by atoms with Crippen LogP contribution < -0.4 is 0 Å². The standard InChI is InChI=1S/C36H21NSSe/c1-2-10-22(11-3-1)24-20-21-30(27-15-7-6-14-26(24)27)37-32-25-13-5-4-12-23(25)18-19-29(32)34-33(37)36-35(38-34)28-16-8-9-17-31(28)39-36/h1-21H. The van der Waals surface area contributed by atoms with E-state index >= 15 is 0 Å². The number of aromatic nitrogens is 1. The molecule has 6 aromatic carbocycles. The number of hydrogen-bond acceptors (Lipinski definition) is 1.